The molecule has 0 atom stereocenters. The summed E-state index contributed by atoms with van der Waals surface area (Å²) in [6.07, 6.45) is 1.50. The van der Waals surface area contributed by atoms with Crippen LogP contribution in [-0.2, 0) is 10.9 Å². The maximum absolute atomic E-state index is 13.2. The van der Waals surface area contributed by atoms with Crippen LogP contribution >= 0.6 is 0 Å². The van der Waals surface area contributed by atoms with Crippen LogP contribution in [0.1, 0.15) is 54.1 Å². The van der Waals surface area contributed by atoms with Crippen LogP contribution in [0, 0.1) is 5.92 Å². The predicted octanol–water partition coefficient (Wildman–Crippen LogP) is 6.72. The van der Waals surface area contributed by atoms with Gasteiger partial charge in [0.25, 0.3) is 0 Å². The van der Waals surface area contributed by atoms with Crippen molar-refractivity contribution in [3.63, 3.8) is 0 Å². The van der Waals surface area contributed by atoms with E-state index in [9.17, 15) is 18.0 Å². The van der Waals surface area contributed by atoms with Gasteiger partial charge in [-0.05, 0) is 62.2 Å². The summed E-state index contributed by atoms with van der Waals surface area (Å²) in [4.78, 5) is 14.2. The molecule has 1 aliphatic carbocycles. The largest absolute Gasteiger partial charge is 0.462 e. The number of anilines is 2. The number of allylic oxidation sites excluding steroid dienone is 1. The van der Waals surface area contributed by atoms with Crippen LogP contribution in [0.2, 0.25) is 0 Å². The lowest BCUT2D eigenvalue weighted by atomic mass is 9.96. The lowest BCUT2D eigenvalue weighted by Crippen LogP contribution is -2.24. The maximum Gasteiger partial charge on any atom is 0.416 e. The first-order valence-corrected chi connectivity index (χ1v) is 10.1. The number of alkyl halides is 3. The summed E-state index contributed by atoms with van der Waals surface area (Å²) in [6, 6.07) is 10.8. The van der Waals surface area contributed by atoms with Crippen molar-refractivity contribution < 1.29 is 22.7 Å². The van der Waals surface area contributed by atoms with Gasteiger partial charge in [-0.15, -0.1) is 0 Å². The Balaban J connectivity index is 1.83. The number of esters is 1. The summed E-state index contributed by atoms with van der Waals surface area (Å²) >= 11 is 0. The molecule has 0 aromatic heterocycles. The normalized spacial score (nSPS) is 16.4. The van der Waals surface area contributed by atoms with Crippen molar-refractivity contribution in [2.24, 2.45) is 5.92 Å². The van der Waals surface area contributed by atoms with E-state index in [-0.39, 0.29) is 12.5 Å². The van der Waals surface area contributed by atoms with E-state index in [1.54, 1.807) is 31.2 Å². The Labute approximate surface area is 173 Å². The molecular formula is C24H22F3NO2. The fourth-order valence-corrected chi connectivity index (χ4v) is 4.16. The molecule has 0 radical (unpaired) electrons. The third-order valence-corrected chi connectivity index (χ3v) is 5.57. The van der Waals surface area contributed by atoms with Gasteiger partial charge in [-0.25, -0.2) is 4.79 Å². The van der Waals surface area contributed by atoms with Gasteiger partial charge in [0.1, 0.15) is 0 Å². The molecule has 6 heteroatoms. The van der Waals surface area contributed by atoms with Crippen LogP contribution in [-0.4, -0.2) is 12.6 Å². The molecule has 156 valence electrons. The van der Waals surface area contributed by atoms with E-state index >= 15 is 0 Å². The summed E-state index contributed by atoms with van der Waals surface area (Å²) in [6.45, 7) is 2.01. The number of carbonyl (C=O) groups is 1. The van der Waals surface area contributed by atoms with Gasteiger partial charge in [-0.2, -0.15) is 13.2 Å². The third kappa shape index (κ3) is 3.88. The minimum atomic E-state index is -4.41. The number of hydrogen-bond acceptors (Lipinski definition) is 3. The molecular weight excluding hydrogens is 391 g/mol. The highest BCUT2D eigenvalue weighted by Gasteiger charge is 2.33. The van der Waals surface area contributed by atoms with Crippen LogP contribution in [0.25, 0.3) is 6.08 Å². The van der Waals surface area contributed by atoms with E-state index in [4.69, 9.17) is 4.74 Å². The van der Waals surface area contributed by atoms with E-state index in [0.29, 0.717) is 22.5 Å². The van der Waals surface area contributed by atoms with Crippen LogP contribution in [0.15, 0.2) is 53.9 Å². The predicted molar refractivity (Wildman–Crippen MR) is 109 cm³/mol. The number of ether oxygens (including phenoxy) is 1. The highest BCUT2D eigenvalue weighted by Crippen LogP contribution is 2.44. The van der Waals surface area contributed by atoms with E-state index < -0.39 is 17.7 Å². The molecule has 0 bridgehead atoms. The van der Waals surface area contributed by atoms with Gasteiger partial charge in [-0.3, -0.25) is 0 Å². The minimum Gasteiger partial charge on any atom is -0.462 e. The Hall–Kier alpha value is -2.98. The van der Waals surface area contributed by atoms with E-state index in [1.807, 2.05) is 11.0 Å². The lowest BCUT2D eigenvalue weighted by molar-refractivity contribution is -0.137. The molecule has 1 aliphatic heterocycles. The number of hydrogen-bond donors (Lipinski definition) is 0. The van der Waals surface area contributed by atoms with Crippen molar-refractivity contribution in [3.8, 4) is 0 Å². The summed E-state index contributed by atoms with van der Waals surface area (Å²) in [5, 5.41) is 0. The van der Waals surface area contributed by atoms with Crippen molar-refractivity contribution in [3.05, 3.63) is 70.6 Å². The second-order valence-electron chi connectivity index (χ2n) is 7.53. The first kappa shape index (κ1) is 20.3. The first-order valence-electron chi connectivity index (χ1n) is 10.1. The number of rotatable bonds is 4. The van der Waals surface area contributed by atoms with Crippen molar-refractivity contribution in [1.82, 2.24) is 0 Å². The third-order valence-electron chi connectivity index (χ3n) is 5.57. The second kappa shape index (κ2) is 8.04. The zero-order valence-electron chi connectivity index (χ0n) is 16.6. The standard InChI is InChI=1S/C24H22F3NO2/c1-2-30-23(29)18-8-5-9-20(15-18)28-21(16-6-3-4-7-16)12-10-17-14-19(24(25,26)27)11-13-22(17)28/h5,8-11,13-16H,2-4,6-7H2,1H3. The Morgan fingerprint density at radius 1 is 1.17 bits per heavy atom. The number of halogens is 3. The molecule has 1 heterocycles. The van der Waals surface area contributed by atoms with Crippen molar-refractivity contribution in [2.75, 3.05) is 11.5 Å². The maximum atomic E-state index is 13.2. The Kier molecular flexibility index (Phi) is 5.44. The SMILES string of the molecule is CCOC(=O)c1cccc(N2C(C3CCCC3)=C=Cc3cc(C(F)(F)F)ccc32)c1. The molecule has 0 saturated heterocycles. The van der Waals surface area contributed by atoms with Gasteiger partial charge in [0.05, 0.1) is 29.1 Å². The second-order valence-corrected chi connectivity index (χ2v) is 7.53. The van der Waals surface area contributed by atoms with Crippen LogP contribution in [0.3, 0.4) is 0 Å². The number of benzene rings is 2. The summed E-state index contributed by atoms with van der Waals surface area (Å²) < 4.78 is 44.7. The van der Waals surface area contributed by atoms with Gasteiger partial charge in [0.15, 0.2) is 0 Å². The monoisotopic (exact) mass is 413 g/mol. The summed E-state index contributed by atoms with van der Waals surface area (Å²) in [5.74, 6) is -0.145. The molecule has 2 aromatic rings. The Morgan fingerprint density at radius 3 is 2.63 bits per heavy atom. The fourth-order valence-electron chi connectivity index (χ4n) is 4.16. The average molecular weight is 413 g/mol. The molecule has 30 heavy (non-hydrogen) atoms. The topological polar surface area (TPSA) is 29.5 Å². The zero-order chi connectivity index (χ0) is 21.3. The molecule has 1 fully saturated rings. The van der Waals surface area contributed by atoms with Gasteiger partial charge in [0, 0.05) is 17.2 Å². The molecule has 0 N–H and O–H groups in total. The summed E-state index contributed by atoms with van der Waals surface area (Å²) in [5.41, 5.74) is 5.72. The van der Waals surface area contributed by atoms with Crippen LogP contribution in [0.4, 0.5) is 24.5 Å². The highest BCUT2D eigenvalue weighted by atomic mass is 19.4. The van der Waals surface area contributed by atoms with Crippen LogP contribution in [0.5, 0.6) is 0 Å². The van der Waals surface area contributed by atoms with Gasteiger partial charge in [-0.1, -0.05) is 24.6 Å². The Bertz CT molecular complexity index is 1030. The molecule has 4 rings (SSSR count). The van der Waals surface area contributed by atoms with Gasteiger partial charge >= 0.3 is 12.1 Å². The number of nitrogens with zero attached hydrogens (tertiary/aromatic N) is 1. The fraction of sp³-hybridized carbons (Fsp3) is 0.333. The molecule has 2 aliphatic rings. The summed E-state index contributed by atoms with van der Waals surface area (Å²) in [7, 11) is 0. The zero-order valence-corrected chi connectivity index (χ0v) is 16.6. The van der Waals surface area contributed by atoms with E-state index in [0.717, 1.165) is 43.5 Å². The van der Waals surface area contributed by atoms with E-state index in [2.05, 4.69) is 5.73 Å². The van der Waals surface area contributed by atoms with Gasteiger partial charge in [0.2, 0.25) is 0 Å². The van der Waals surface area contributed by atoms with Gasteiger partial charge < -0.3 is 9.64 Å². The van der Waals surface area contributed by atoms with Crippen molar-refractivity contribution in [1.29, 1.82) is 0 Å². The van der Waals surface area contributed by atoms with Crippen molar-refractivity contribution in [2.45, 2.75) is 38.8 Å². The molecule has 0 spiro atoms. The smallest absolute Gasteiger partial charge is 0.416 e. The minimum absolute atomic E-state index is 0.270. The molecule has 0 amide bonds. The van der Waals surface area contributed by atoms with E-state index in [1.165, 1.54) is 6.07 Å². The molecule has 3 nitrogen and oxygen atoms in total. The molecule has 0 unspecified atom stereocenters. The average Bonchev–Trinajstić information content (AvgIpc) is 3.27. The van der Waals surface area contributed by atoms with Crippen molar-refractivity contribution >= 4 is 23.4 Å². The molecule has 1 saturated carbocycles. The first-order chi connectivity index (χ1) is 14.4. The quantitative estimate of drug-likeness (QED) is 0.412. The molecule has 2 aromatic carbocycles. The number of carbonyl (C=O) groups excluding carboxylic acids is 1. The van der Waals surface area contributed by atoms with Crippen LogP contribution < -0.4 is 4.90 Å². The highest BCUT2D eigenvalue weighted by molar-refractivity contribution is 5.91. The lowest BCUT2D eigenvalue weighted by Gasteiger charge is -2.33. The number of fused-ring (bicyclic) bond motifs is 1. The Morgan fingerprint density at radius 2 is 1.93 bits per heavy atom.